The van der Waals surface area contributed by atoms with E-state index in [1.165, 1.54) is 0 Å². The lowest BCUT2D eigenvalue weighted by Gasteiger charge is -2.03. The van der Waals surface area contributed by atoms with Crippen LogP contribution in [0.3, 0.4) is 0 Å². The Labute approximate surface area is 77.0 Å². The normalized spacial score (nSPS) is 9.42. The highest BCUT2D eigenvalue weighted by Crippen LogP contribution is 2.04. The van der Waals surface area contributed by atoms with Gasteiger partial charge in [-0.25, -0.2) is 4.98 Å². The number of pyridine rings is 1. The number of rotatable bonds is 2. The van der Waals surface area contributed by atoms with Gasteiger partial charge < -0.3 is 11.1 Å². The van der Waals surface area contributed by atoms with Crippen LogP contribution in [0.2, 0.25) is 0 Å². The van der Waals surface area contributed by atoms with Gasteiger partial charge >= 0.3 is 0 Å². The summed E-state index contributed by atoms with van der Waals surface area (Å²) in [6, 6.07) is 5.72. The van der Waals surface area contributed by atoms with Crippen LogP contribution in [-0.4, -0.2) is 10.1 Å². The number of thiocarbonyl (C=S) groups is 1. The Morgan fingerprint density at radius 1 is 1.67 bits per heavy atom. The van der Waals surface area contributed by atoms with Crippen LogP contribution in [0.4, 0.5) is 5.82 Å². The maximum absolute atomic E-state index is 5.30. The Balaban J connectivity index is 2.79. The zero-order valence-corrected chi connectivity index (χ0v) is 7.69. The standard InChI is InChI=1S/C8H11N3S/c1-2-6-4-3-5-7(10-6)11-8(9)12/h3-5H,2H2,1H3,(H3,9,10,11,12). The average molecular weight is 181 g/mol. The van der Waals surface area contributed by atoms with Crippen molar-refractivity contribution in [3.8, 4) is 0 Å². The predicted octanol–water partition coefficient (Wildman–Crippen LogP) is 1.30. The summed E-state index contributed by atoms with van der Waals surface area (Å²) in [6.07, 6.45) is 0.910. The predicted molar refractivity (Wildman–Crippen MR) is 54.0 cm³/mol. The van der Waals surface area contributed by atoms with Crippen molar-refractivity contribution in [3.05, 3.63) is 23.9 Å². The summed E-state index contributed by atoms with van der Waals surface area (Å²) in [6.45, 7) is 2.05. The molecule has 0 aliphatic carbocycles. The Bertz CT molecular complexity index is 285. The minimum atomic E-state index is 0.246. The second-order valence-electron chi connectivity index (χ2n) is 2.36. The Kier molecular flexibility index (Phi) is 2.99. The third-order valence-corrected chi connectivity index (χ3v) is 1.52. The van der Waals surface area contributed by atoms with Gasteiger partial charge in [0.05, 0.1) is 0 Å². The van der Waals surface area contributed by atoms with Crippen molar-refractivity contribution in [2.24, 2.45) is 5.73 Å². The first-order chi connectivity index (χ1) is 5.72. The molecule has 3 N–H and O–H groups in total. The minimum Gasteiger partial charge on any atom is -0.376 e. The van der Waals surface area contributed by atoms with Gasteiger partial charge in [-0.15, -0.1) is 0 Å². The third-order valence-electron chi connectivity index (χ3n) is 1.42. The van der Waals surface area contributed by atoms with E-state index in [9.17, 15) is 0 Å². The second kappa shape index (κ2) is 4.01. The molecule has 0 atom stereocenters. The van der Waals surface area contributed by atoms with Crippen LogP contribution < -0.4 is 11.1 Å². The molecule has 0 aliphatic rings. The number of aryl methyl sites for hydroxylation is 1. The second-order valence-corrected chi connectivity index (χ2v) is 2.80. The maximum Gasteiger partial charge on any atom is 0.169 e. The quantitative estimate of drug-likeness (QED) is 0.675. The smallest absolute Gasteiger partial charge is 0.169 e. The van der Waals surface area contributed by atoms with Gasteiger partial charge in [0.1, 0.15) is 5.82 Å². The number of hydrogen-bond donors (Lipinski definition) is 2. The first kappa shape index (κ1) is 8.93. The number of nitrogens with zero attached hydrogens (tertiary/aromatic N) is 1. The van der Waals surface area contributed by atoms with Crippen molar-refractivity contribution in [2.45, 2.75) is 13.3 Å². The summed E-state index contributed by atoms with van der Waals surface area (Å²) in [5, 5.41) is 3.02. The zero-order chi connectivity index (χ0) is 8.97. The Morgan fingerprint density at radius 2 is 2.42 bits per heavy atom. The van der Waals surface area contributed by atoms with Gasteiger partial charge in [-0.2, -0.15) is 0 Å². The van der Waals surface area contributed by atoms with E-state index in [2.05, 4.69) is 22.5 Å². The highest BCUT2D eigenvalue weighted by molar-refractivity contribution is 7.80. The molecule has 0 spiro atoms. The van der Waals surface area contributed by atoms with Crippen LogP contribution in [0.1, 0.15) is 12.6 Å². The number of hydrogen-bond acceptors (Lipinski definition) is 2. The average Bonchev–Trinajstić information content (AvgIpc) is 2.03. The molecule has 1 heterocycles. The monoisotopic (exact) mass is 181 g/mol. The molecule has 3 nitrogen and oxygen atoms in total. The van der Waals surface area contributed by atoms with Crippen molar-refractivity contribution < 1.29 is 0 Å². The summed E-state index contributed by atoms with van der Waals surface area (Å²) >= 11 is 4.68. The van der Waals surface area contributed by atoms with Gasteiger partial charge in [0.25, 0.3) is 0 Å². The van der Waals surface area contributed by atoms with E-state index in [-0.39, 0.29) is 5.11 Å². The largest absolute Gasteiger partial charge is 0.376 e. The number of nitrogens with two attached hydrogens (primary N) is 1. The Hall–Kier alpha value is -1.16. The van der Waals surface area contributed by atoms with Crippen molar-refractivity contribution >= 4 is 23.1 Å². The van der Waals surface area contributed by atoms with Crippen molar-refractivity contribution in [1.29, 1.82) is 0 Å². The molecule has 0 amide bonds. The van der Waals surface area contributed by atoms with Crippen LogP contribution in [-0.2, 0) is 6.42 Å². The fraction of sp³-hybridized carbons (Fsp3) is 0.250. The molecule has 0 saturated carbocycles. The van der Waals surface area contributed by atoms with Crippen LogP contribution in [0.15, 0.2) is 18.2 Å². The first-order valence-electron chi connectivity index (χ1n) is 3.74. The van der Waals surface area contributed by atoms with E-state index in [0.29, 0.717) is 5.82 Å². The van der Waals surface area contributed by atoms with Gasteiger partial charge in [0, 0.05) is 5.69 Å². The van der Waals surface area contributed by atoms with Gasteiger partial charge in [-0.3, -0.25) is 0 Å². The fourth-order valence-corrected chi connectivity index (χ4v) is 0.977. The summed E-state index contributed by atoms with van der Waals surface area (Å²) in [7, 11) is 0. The lowest BCUT2D eigenvalue weighted by atomic mass is 10.3. The van der Waals surface area contributed by atoms with Crippen LogP contribution in [0.25, 0.3) is 0 Å². The molecule has 1 aromatic rings. The van der Waals surface area contributed by atoms with Crippen molar-refractivity contribution in [1.82, 2.24) is 4.98 Å². The van der Waals surface area contributed by atoms with Crippen molar-refractivity contribution in [3.63, 3.8) is 0 Å². The highest BCUT2D eigenvalue weighted by atomic mass is 32.1. The number of anilines is 1. The molecule has 0 radical (unpaired) electrons. The first-order valence-corrected chi connectivity index (χ1v) is 4.15. The lowest BCUT2D eigenvalue weighted by Crippen LogP contribution is -2.19. The third kappa shape index (κ3) is 2.47. The van der Waals surface area contributed by atoms with E-state index in [4.69, 9.17) is 5.73 Å². The van der Waals surface area contributed by atoms with Gasteiger partial charge in [0.15, 0.2) is 5.11 Å². The molecule has 0 aromatic carbocycles. The van der Waals surface area contributed by atoms with E-state index in [0.717, 1.165) is 12.1 Å². The molecule has 0 fully saturated rings. The summed E-state index contributed by atoms with van der Waals surface area (Å²) in [5.74, 6) is 0.710. The summed E-state index contributed by atoms with van der Waals surface area (Å²) in [5.41, 5.74) is 6.32. The fourth-order valence-electron chi connectivity index (χ4n) is 0.872. The molecule has 0 aliphatic heterocycles. The molecule has 1 aromatic heterocycles. The number of aromatic nitrogens is 1. The van der Waals surface area contributed by atoms with Gasteiger partial charge in [0.2, 0.25) is 0 Å². The molecular weight excluding hydrogens is 170 g/mol. The molecule has 0 unspecified atom stereocenters. The van der Waals surface area contributed by atoms with Crippen molar-refractivity contribution in [2.75, 3.05) is 5.32 Å². The van der Waals surface area contributed by atoms with E-state index in [1.54, 1.807) is 0 Å². The Morgan fingerprint density at radius 3 is 3.00 bits per heavy atom. The van der Waals surface area contributed by atoms with Crippen LogP contribution >= 0.6 is 12.2 Å². The van der Waals surface area contributed by atoms with Crippen LogP contribution in [0.5, 0.6) is 0 Å². The summed E-state index contributed by atoms with van der Waals surface area (Å²) < 4.78 is 0. The number of nitrogens with one attached hydrogen (secondary N) is 1. The maximum atomic E-state index is 5.30. The van der Waals surface area contributed by atoms with E-state index in [1.807, 2.05) is 25.1 Å². The molecule has 0 bridgehead atoms. The molecule has 64 valence electrons. The molecule has 1 rings (SSSR count). The van der Waals surface area contributed by atoms with Gasteiger partial charge in [-0.1, -0.05) is 13.0 Å². The van der Waals surface area contributed by atoms with E-state index < -0.39 is 0 Å². The molecule has 12 heavy (non-hydrogen) atoms. The summed E-state index contributed by atoms with van der Waals surface area (Å²) in [4.78, 5) is 4.25. The molecule has 0 saturated heterocycles. The SMILES string of the molecule is CCc1cccc(NC(N)=S)n1. The molecule has 4 heteroatoms. The zero-order valence-electron chi connectivity index (χ0n) is 6.87. The van der Waals surface area contributed by atoms with E-state index >= 15 is 0 Å². The van der Waals surface area contributed by atoms with Gasteiger partial charge in [-0.05, 0) is 30.8 Å². The molecular formula is C8H11N3S. The minimum absolute atomic E-state index is 0.246. The highest BCUT2D eigenvalue weighted by Gasteiger charge is 1.95. The van der Waals surface area contributed by atoms with Crippen LogP contribution in [0, 0.1) is 0 Å². The topological polar surface area (TPSA) is 50.9 Å². The lowest BCUT2D eigenvalue weighted by molar-refractivity contribution is 1.04.